The summed E-state index contributed by atoms with van der Waals surface area (Å²) >= 11 is 5.76. The van der Waals surface area contributed by atoms with Gasteiger partial charge in [0.1, 0.15) is 0 Å². The van der Waals surface area contributed by atoms with Crippen LogP contribution in [0.3, 0.4) is 0 Å². The number of likely N-dealkylation sites (tertiary alicyclic amines) is 1. The molecule has 0 saturated carbocycles. The smallest absolute Gasteiger partial charge is 0.289 e. The van der Waals surface area contributed by atoms with E-state index in [4.69, 9.17) is 16.0 Å². The molecule has 0 spiro atoms. The summed E-state index contributed by atoms with van der Waals surface area (Å²) in [5, 5.41) is 9.95. The van der Waals surface area contributed by atoms with Crippen molar-refractivity contribution in [2.45, 2.75) is 6.42 Å². The number of aliphatic hydroxyl groups excluding tert-OH is 1. The van der Waals surface area contributed by atoms with Crippen molar-refractivity contribution in [3.05, 3.63) is 23.1 Å². The molecule has 1 aromatic rings. The Morgan fingerprint density at radius 1 is 1.25 bits per heavy atom. The molecule has 0 radical (unpaired) electrons. The molecule has 24 heavy (non-hydrogen) atoms. The molecule has 2 fully saturated rings. The van der Waals surface area contributed by atoms with E-state index in [9.17, 15) is 9.90 Å². The van der Waals surface area contributed by atoms with E-state index in [1.807, 2.05) is 0 Å². The molecule has 0 aromatic carbocycles. The van der Waals surface area contributed by atoms with Crippen molar-refractivity contribution >= 4 is 17.5 Å². The molecule has 2 aliphatic rings. The summed E-state index contributed by atoms with van der Waals surface area (Å²) in [4.78, 5) is 19.1. The number of hydrogen-bond donors (Lipinski definition) is 1. The van der Waals surface area contributed by atoms with Crippen LogP contribution < -0.4 is 0 Å². The standard InChI is InChI=1S/C17H26ClN3O3/c1-19-5-2-6-20(8-7-19)9-13-10-21(11-14(13)12-22)17(23)15-3-4-16(18)24-15/h3-4,13-14,22H,2,5-12H2,1H3/t13-,14-/m1/s1. The molecule has 1 amide bonds. The van der Waals surface area contributed by atoms with E-state index in [0.29, 0.717) is 19.0 Å². The number of likely N-dealkylation sites (N-methyl/N-ethyl adjacent to an activating group) is 1. The third kappa shape index (κ3) is 4.11. The first-order chi connectivity index (χ1) is 11.6. The lowest BCUT2D eigenvalue weighted by molar-refractivity contribution is 0.0747. The molecular formula is C17H26ClN3O3. The van der Waals surface area contributed by atoms with Crippen molar-refractivity contribution in [2.24, 2.45) is 11.8 Å². The minimum Gasteiger partial charge on any atom is -0.440 e. The fourth-order valence-corrected chi connectivity index (χ4v) is 3.86. The van der Waals surface area contributed by atoms with Gasteiger partial charge in [0, 0.05) is 45.2 Å². The monoisotopic (exact) mass is 355 g/mol. The maximum atomic E-state index is 12.5. The number of hydrogen-bond acceptors (Lipinski definition) is 5. The van der Waals surface area contributed by atoms with Crippen molar-refractivity contribution in [1.29, 1.82) is 0 Å². The fourth-order valence-electron chi connectivity index (χ4n) is 3.72. The Bertz CT molecular complexity index is 565. The first-order valence-electron chi connectivity index (χ1n) is 8.63. The van der Waals surface area contributed by atoms with Crippen LogP contribution in [-0.2, 0) is 0 Å². The van der Waals surface area contributed by atoms with Crippen LogP contribution in [0.25, 0.3) is 0 Å². The average Bonchev–Trinajstić information content (AvgIpc) is 3.12. The quantitative estimate of drug-likeness (QED) is 0.881. The van der Waals surface area contributed by atoms with Gasteiger partial charge in [0.05, 0.1) is 0 Å². The minimum absolute atomic E-state index is 0.112. The summed E-state index contributed by atoms with van der Waals surface area (Å²) in [7, 11) is 2.16. The highest BCUT2D eigenvalue weighted by molar-refractivity contribution is 6.29. The third-order valence-corrected chi connectivity index (χ3v) is 5.39. The van der Waals surface area contributed by atoms with Crippen molar-refractivity contribution in [3.63, 3.8) is 0 Å². The molecule has 7 heteroatoms. The molecule has 1 N–H and O–H groups in total. The zero-order chi connectivity index (χ0) is 17.1. The minimum atomic E-state index is -0.140. The lowest BCUT2D eigenvalue weighted by atomic mass is 9.96. The fraction of sp³-hybridized carbons (Fsp3) is 0.706. The maximum Gasteiger partial charge on any atom is 0.289 e. The van der Waals surface area contributed by atoms with E-state index in [1.165, 1.54) is 6.42 Å². The Labute approximate surface area is 147 Å². The van der Waals surface area contributed by atoms with Gasteiger partial charge < -0.3 is 24.2 Å². The van der Waals surface area contributed by atoms with Gasteiger partial charge >= 0.3 is 0 Å². The van der Waals surface area contributed by atoms with Crippen LogP contribution in [0, 0.1) is 11.8 Å². The number of furan rings is 1. The van der Waals surface area contributed by atoms with Gasteiger partial charge in [0.2, 0.25) is 0 Å². The van der Waals surface area contributed by atoms with Crippen LogP contribution in [0.2, 0.25) is 5.22 Å². The molecule has 3 rings (SSSR count). The zero-order valence-electron chi connectivity index (χ0n) is 14.2. The van der Waals surface area contributed by atoms with E-state index in [2.05, 4.69) is 16.8 Å². The average molecular weight is 356 g/mol. The molecule has 134 valence electrons. The van der Waals surface area contributed by atoms with Crippen LogP contribution in [-0.4, -0.2) is 85.2 Å². The summed E-state index contributed by atoms with van der Waals surface area (Å²) in [5.41, 5.74) is 0. The van der Waals surface area contributed by atoms with Gasteiger partial charge in [-0.3, -0.25) is 4.79 Å². The SMILES string of the molecule is CN1CCCN(C[C@@H]2CN(C(=O)c3ccc(Cl)o3)C[C@@H]2CO)CC1. The summed E-state index contributed by atoms with van der Waals surface area (Å²) in [6.07, 6.45) is 1.17. The molecule has 2 saturated heterocycles. The predicted molar refractivity (Wildman–Crippen MR) is 92.2 cm³/mol. The molecule has 6 nitrogen and oxygen atoms in total. The maximum absolute atomic E-state index is 12.5. The van der Waals surface area contributed by atoms with Crippen LogP contribution in [0.15, 0.2) is 16.5 Å². The molecule has 0 unspecified atom stereocenters. The highest BCUT2D eigenvalue weighted by Gasteiger charge is 2.37. The van der Waals surface area contributed by atoms with E-state index in [0.717, 1.165) is 32.7 Å². The van der Waals surface area contributed by atoms with E-state index >= 15 is 0 Å². The second-order valence-corrected chi connectivity index (χ2v) is 7.35. The normalized spacial score (nSPS) is 26.7. The third-order valence-electron chi connectivity index (χ3n) is 5.19. The summed E-state index contributed by atoms with van der Waals surface area (Å²) in [6.45, 7) is 6.62. The Morgan fingerprint density at radius 3 is 2.75 bits per heavy atom. The van der Waals surface area contributed by atoms with Crippen molar-refractivity contribution in [1.82, 2.24) is 14.7 Å². The van der Waals surface area contributed by atoms with Gasteiger partial charge in [-0.1, -0.05) is 0 Å². The first-order valence-corrected chi connectivity index (χ1v) is 9.01. The number of aliphatic hydroxyl groups is 1. The lowest BCUT2D eigenvalue weighted by Crippen LogP contribution is -2.36. The number of amides is 1. The summed E-state index contributed by atoms with van der Waals surface area (Å²) < 4.78 is 5.24. The van der Waals surface area contributed by atoms with Gasteiger partial charge in [0.25, 0.3) is 5.91 Å². The molecule has 2 atom stereocenters. The second-order valence-electron chi connectivity index (χ2n) is 6.97. The van der Waals surface area contributed by atoms with E-state index in [-0.39, 0.29) is 29.4 Å². The summed E-state index contributed by atoms with van der Waals surface area (Å²) in [6, 6.07) is 3.19. The van der Waals surface area contributed by atoms with Crippen molar-refractivity contribution in [3.8, 4) is 0 Å². The van der Waals surface area contributed by atoms with E-state index in [1.54, 1.807) is 17.0 Å². The Balaban J connectivity index is 1.60. The Hall–Kier alpha value is -1.08. The molecule has 2 aliphatic heterocycles. The number of nitrogens with zero attached hydrogens (tertiary/aromatic N) is 3. The summed E-state index contributed by atoms with van der Waals surface area (Å²) in [5.74, 6) is 0.556. The van der Waals surface area contributed by atoms with Gasteiger partial charge in [-0.05, 0) is 56.2 Å². The molecule has 1 aromatic heterocycles. The predicted octanol–water partition coefficient (Wildman–Crippen LogP) is 1.25. The first kappa shape index (κ1) is 17.7. The van der Waals surface area contributed by atoms with Gasteiger partial charge in [0.15, 0.2) is 11.0 Å². The Morgan fingerprint density at radius 2 is 2.04 bits per heavy atom. The molecule has 0 aliphatic carbocycles. The van der Waals surface area contributed by atoms with Crippen molar-refractivity contribution < 1.29 is 14.3 Å². The number of carbonyl (C=O) groups excluding carboxylic acids is 1. The lowest BCUT2D eigenvalue weighted by Gasteiger charge is -2.26. The van der Waals surface area contributed by atoms with Crippen LogP contribution in [0.5, 0.6) is 0 Å². The molecule has 3 heterocycles. The largest absolute Gasteiger partial charge is 0.440 e. The Kier molecular flexibility index (Phi) is 5.81. The van der Waals surface area contributed by atoms with Crippen LogP contribution >= 0.6 is 11.6 Å². The highest BCUT2D eigenvalue weighted by atomic mass is 35.5. The van der Waals surface area contributed by atoms with Crippen LogP contribution in [0.1, 0.15) is 17.0 Å². The van der Waals surface area contributed by atoms with Crippen LogP contribution in [0.4, 0.5) is 0 Å². The van der Waals surface area contributed by atoms with Gasteiger partial charge in [-0.15, -0.1) is 0 Å². The number of rotatable bonds is 4. The topological polar surface area (TPSA) is 60.2 Å². The molecular weight excluding hydrogens is 330 g/mol. The highest BCUT2D eigenvalue weighted by Crippen LogP contribution is 2.27. The molecule has 0 bridgehead atoms. The van der Waals surface area contributed by atoms with Crippen molar-refractivity contribution in [2.75, 3.05) is 59.5 Å². The number of carbonyl (C=O) groups is 1. The second kappa shape index (κ2) is 7.87. The van der Waals surface area contributed by atoms with Gasteiger partial charge in [-0.2, -0.15) is 0 Å². The zero-order valence-corrected chi connectivity index (χ0v) is 14.9. The number of halogens is 1. The van der Waals surface area contributed by atoms with E-state index < -0.39 is 0 Å². The van der Waals surface area contributed by atoms with Gasteiger partial charge in [-0.25, -0.2) is 0 Å².